The third kappa shape index (κ3) is 4.12. The molecule has 1 aromatic carbocycles. The molecule has 2 fully saturated rings. The maximum atomic E-state index is 12.9. The third-order valence-corrected chi connectivity index (χ3v) is 6.98. The van der Waals surface area contributed by atoms with Crippen molar-refractivity contribution in [3.8, 4) is 0 Å². The first-order valence-corrected chi connectivity index (χ1v) is 10.5. The lowest BCUT2D eigenvalue weighted by Crippen LogP contribution is -2.32. The molecular formula is C17H25N3O4S. The molecule has 0 spiro atoms. The second-order valence-corrected chi connectivity index (χ2v) is 8.82. The topological polar surface area (TPSA) is 92.5 Å². The summed E-state index contributed by atoms with van der Waals surface area (Å²) >= 11 is 0. The molecule has 1 saturated heterocycles. The molecule has 8 heteroatoms. The van der Waals surface area contributed by atoms with Crippen molar-refractivity contribution in [2.24, 2.45) is 0 Å². The highest BCUT2D eigenvalue weighted by Crippen LogP contribution is 2.32. The van der Waals surface area contributed by atoms with Crippen LogP contribution >= 0.6 is 0 Å². The summed E-state index contributed by atoms with van der Waals surface area (Å²) in [4.78, 5) is 11.0. The van der Waals surface area contributed by atoms with E-state index < -0.39 is 14.9 Å². The monoisotopic (exact) mass is 367 g/mol. The normalized spacial score (nSPS) is 20.3. The van der Waals surface area contributed by atoms with E-state index in [1.54, 1.807) is 6.07 Å². The van der Waals surface area contributed by atoms with Gasteiger partial charge in [0.1, 0.15) is 5.69 Å². The molecule has 7 nitrogen and oxygen atoms in total. The van der Waals surface area contributed by atoms with E-state index in [1.807, 2.05) is 0 Å². The Balaban J connectivity index is 1.88. The van der Waals surface area contributed by atoms with Crippen molar-refractivity contribution >= 4 is 21.4 Å². The Kier molecular flexibility index (Phi) is 5.58. The van der Waals surface area contributed by atoms with E-state index in [-0.39, 0.29) is 16.6 Å². The second kappa shape index (κ2) is 7.70. The summed E-state index contributed by atoms with van der Waals surface area (Å²) in [7, 11) is -3.68. The average Bonchev–Trinajstić information content (AvgIpc) is 2.93. The molecule has 3 rings (SSSR count). The molecule has 0 unspecified atom stereocenters. The Morgan fingerprint density at radius 1 is 1.04 bits per heavy atom. The van der Waals surface area contributed by atoms with Gasteiger partial charge in [-0.05, 0) is 37.8 Å². The highest BCUT2D eigenvalue weighted by molar-refractivity contribution is 7.89. The summed E-state index contributed by atoms with van der Waals surface area (Å²) < 4.78 is 27.2. The smallest absolute Gasteiger partial charge is 0.293 e. The van der Waals surface area contributed by atoms with E-state index in [2.05, 4.69) is 5.32 Å². The third-order valence-electron chi connectivity index (χ3n) is 5.08. The molecule has 1 N–H and O–H groups in total. The molecule has 1 heterocycles. The first-order chi connectivity index (χ1) is 12.0. The van der Waals surface area contributed by atoms with Crippen molar-refractivity contribution in [2.45, 2.75) is 62.3 Å². The number of sulfonamides is 1. The van der Waals surface area contributed by atoms with Gasteiger partial charge in [0.05, 0.1) is 9.82 Å². The van der Waals surface area contributed by atoms with Crippen LogP contribution in [0.15, 0.2) is 23.1 Å². The molecule has 1 aromatic rings. The fourth-order valence-electron chi connectivity index (χ4n) is 3.67. The minimum absolute atomic E-state index is 0.0121. The number of hydrogen-bond donors (Lipinski definition) is 1. The Hall–Kier alpha value is -1.67. The summed E-state index contributed by atoms with van der Waals surface area (Å²) in [5, 5.41) is 14.7. The molecule has 2 aliphatic rings. The minimum atomic E-state index is -3.68. The molecule has 0 aromatic heterocycles. The van der Waals surface area contributed by atoms with Crippen molar-refractivity contribution in [1.29, 1.82) is 0 Å². The zero-order valence-corrected chi connectivity index (χ0v) is 15.1. The summed E-state index contributed by atoms with van der Waals surface area (Å²) in [6.07, 6.45) is 7.94. The quantitative estimate of drug-likeness (QED) is 0.635. The van der Waals surface area contributed by atoms with Crippen LogP contribution in [-0.4, -0.2) is 36.8 Å². The molecule has 0 atom stereocenters. The van der Waals surface area contributed by atoms with Gasteiger partial charge in [-0.1, -0.05) is 25.7 Å². The van der Waals surface area contributed by atoms with Crippen LogP contribution in [-0.2, 0) is 10.0 Å². The fraction of sp³-hybridized carbons (Fsp3) is 0.647. The van der Waals surface area contributed by atoms with Crippen LogP contribution in [0.4, 0.5) is 11.4 Å². The SMILES string of the molecule is O=[N+]([O-])c1cc(S(=O)(=O)N2CCCCCC2)ccc1NC1CCCC1. The minimum Gasteiger partial charge on any atom is -0.377 e. The standard InChI is InChI=1S/C17H25N3O4S/c21-20(22)17-13-15(9-10-16(17)18-14-7-3-4-8-14)25(23,24)19-11-5-1-2-6-12-19/h9-10,13-14,18H,1-8,11-12H2. The van der Waals surface area contributed by atoms with E-state index in [9.17, 15) is 18.5 Å². The second-order valence-electron chi connectivity index (χ2n) is 6.88. The zero-order valence-electron chi connectivity index (χ0n) is 14.3. The van der Waals surface area contributed by atoms with Gasteiger partial charge in [-0.3, -0.25) is 10.1 Å². The molecule has 138 valence electrons. The van der Waals surface area contributed by atoms with Crippen LogP contribution in [0.25, 0.3) is 0 Å². The number of nitro groups is 1. The van der Waals surface area contributed by atoms with Crippen LogP contribution in [0.1, 0.15) is 51.4 Å². The average molecular weight is 367 g/mol. The molecule has 1 saturated carbocycles. The lowest BCUT2D eigenvalue weighted by Gasteiger charge is -2.20. The molecule has 25 heavy (non-hydrogen) atoms. The van der Waals surface area contributed by atoms with Crippen LogP contribution in [0.2, 0.25) is 0 Å². The van der Waals surface area contributed by atoms with Gasteiger partial charge in [-0.2, -0.15) is 4.31 Å². The Morgan fingerprint density at radius 2 is 1.68 bits per heavy atom. The number of rotatable bonds is 5. The summed E-state index contributed by atoms with van der Waals surface area (Å²) in [5.41, 5.74) is 0.245. The Bertz CT molecular complexity index is 721. The zero-order chi connectivity index (χ0) is 17.9. The van der Waals surface area contributed by atoms with Crippen LogP contribution in [0.3, 0.4) is 0 Å². The van der Waals surface area contributed by atoms with Crippen molar-refractivity contribution in [2.75, 3.05) is 18.4 Å². The lowest BCUT2D eigenvalue weighted by molar-refractivity contribution is -0.384. The van der Waals surface area contributed by atoms with Gasteiger partial charge >= 0.3 is 0 Å². The van der Waals surface area contributed by atoms with Crippen LogP contribution in [0.5, 0.6) is 0 Å². The molecular weight excluding hydrogens is 342 g/mol. The number of nitro benzene ring substituents is 1. The first-order valence-electron chi connectivity index (χ1n) is 9.03. The van der Waals surface area contributed by atoms with Gasteiger partial charge in [-0.25, -0.2) is 8.42 Å². The maximum absolute atomic E-state index is 12.9. The predicted octanol–water partition coefficient (Wildman–Crippen LogP) is 3.51. The number of nitrogens with zero attached hydrogens (tertiary/aromatic N) is 2. The molecule has 1 aliphatic carbocycles. The first kappa shape index (κ1) is 18.1. The maximum Gasteiger partial charge on any atom is 0.293 e. The van der Waals surface area contributed by atoms with E-state index in [0.29, 0.717) is 18.8 Å². The van der Waals surface area contributed by atoms with Crippen molar-refractivity contribution in [3.63, 3.8) is 0 Å². The number of nitrogens with one attached hydrogen (secondary N) is 1. The van der Waals surface area contributed by atoms with Crippen LogP contribution < -0.4 is 5.32 Å². The van der Waals surface area contributed by atoms with Crippen molar-refractivity contribution in [1.82, 2.24) is 4.31 Å². The number of benzene rings is 1. The summed E-state index contributed by atoms with van der Waals surface area (Å²) in [6.45, 7) is 0.969. The van der Waals surface area contributed by atoms with E-state index in [0.717, 1.165) is 51.4 Å². The summed E-state index contributed by atoms with van der Waals surface area (Å²) in [6, 6.07) is 4.47. The largest absolute Gasteiger partial charge is 0.377 e. The van der Waals surface area contributed by atoms with Gasteiger partial charge in [0.15, 0.2) is 0 Å². The van der Waals surface area contributed by atoms with E-state index in [4.69, 9.17) is 0 Å². The van der Waals surface area contributed by atoms with E-state index in [1.165, 1.54) is 16.4 Å². The Morgan fingerprint density at radius 3 is 2.28 bits per heavy atom. The van der Waals surface area contributed by atoms with Crippen LogP contribution in [0, 0.1) is 10.1 Å². The molecule has 0 bridgehead atoms. The Labute approximate surface area is 148 Å². The molecule has 1 aliphatic heterocycles. The molecule has 0 radical (unpaired) electrons. The lowest BCUT2D eigenvalue weighted by atomic mass is 10.2. The van der Waals surface area contributed by atoms with Gasteiger partial charge in [-0.15, -0.1) is 0 Å². The number of anilines is 1. The number of hydrogen-bond acceptors (Lipinski definition) is 5. The van der Waals surface area contributed by atoms with E-state index >= 15 is 0 Å². The fourth-order valence-corrected chi connectivity index (χ4v) is 5.20. The predicted molar refractivity (Wildman–Crippen MR) is 96.2 cm³/mol. The van der Waals surface area contributed by atoms with Crippen molar-refractivity contribution in [3.05, 3.63) is 28.3 Å². The highest BCUT2D eigenvalue weighted by Gasteiger charge is 2.28. The van der Waals surface area contributed by atoms with Gasteiger partial charge in [0.25, 0.3) is 5.69 Å². The van der Waals surface area contributed by atoms with Gasteiger partial charge < -0.3 is 5.32 Å². The highest BCUT2D eigenvalue weighted by atomic mass is 32.2. The van der Waals surface area contributed by atoms with Crippen molar-refractivity contribution < 1.29 is 13.3 Å². The van der Waals surface area contributed by atoms with Gasteiger partial charge in [0, 0.05) is 25.2 Å². The summed E-state index contributed by atoms with van der Waals surface area (Å²) in [5.74, 6) is 0. The molecule has 0 amide bonds. The van der Waals surface area contributed by atoms with Gasteiger partial charge in [0.2, 0.25) is 10.0 Å².